The fourth-order valence-electron chi connectivity index (χ4n) is 4.47. The number of benzene rings is 1. The Morgan fingerprint density at radius 3 is 1.68 bits per heavy atom. The smallest absolute Gasteiger partial charge is 1.00 e. The molecule has 0 heterocycles. The SMILES string of the molecule is CCCCCCCCCCCCCCCCCCOC[C@H](CO[Si](C)(C)C(C)(C)C)OCc1ccc(F)c(F)c1.[H-].[Na+]. The van der Waals surface area contributed by atoms with Crippen molar-refractivity contribution in [3.8, 4) is 0 Å². The van der Waals surface area contributed by atoms with Gasteiger partial charge in [0.25, 0.3) is 0 Å². The maximum atomic E-state index is 13.6. The Morgan fingerprint density at radius 2 is 1.22 bits per heavy atom. The average molecular weight is 609 g/mol. The van der Waals surface area contributed by atoms with E-state index in [-0.39, 0.29) is 48.7 Å². The van der Waals surface area contributed by atoms with Gasteiger partial charge in [-0.25, -0.2) is 8.78 Å². The molecular weight excluding hydrogens is 545 g/mol. The van der Waals surface area contributed by atoms with E-state index in [0.717, 1.165) is 12.5 Å². The van der Waals surface area contributed by atoms with Crippen LogP contribution in [0.4, 0.5) is 8.78 Å². The van der Waals surface area contributed by atoms with Crippen molar-refractivity contribution in [3.63, 3.8) is 0 Å². The quantitative estimate of drug-likeness (QED) is 0.0826. The number of hydrogen-bond donors (Lipinski definition) is 0. The molecule has 1 aromatic rings. The molecule has 0 bridgehead atoms. The zero-order valence-electron chi connectivity index (χ0n) is 28.9. The molecule has 3 nitrogen and oxygen atoms in total. The summed E-state index contributed by atoms with van der Waals surface area (Å²) < 4.78 is 45.3. The first-order chi connectivity index (χ1) is 19.1. The molecule has 0 aliphatic heterocycles. The van der Waals surface area contributed by atoms with E-state index in [1.807, 2.05) is 0 Å². The normalized spacial score (nSPS) is 12.9. The molecule has 7 heteroatoms. The second kappa shape index (κ2) is 24.5. The average Bonchev–Trinajstić information content (AvgIpc) is 2.90. The third-order valence-corrected chi connectivity index (χ3v) is 12.9. The van der Waals surface area contributed by atoms with E-state index in [4.69, 9.17) is 13.9 Å². The minimum atomic E-state index is -1.93. The molecule has 1 atom stereocenters. The van der Waals surface area contributed by atoms with Gasteiger partial charge in [0.05, 0.1) is 19.8 Å². The van der Waals surface area contributed by atoms with Crippen LogP contribution in [0.5, 0.6) is 0 Å². The van der Waals surface area contributed by atoms with Crippen molar-refractivity contribution in [2.24, 2.45) is 0 Å². The summed E-state index contributed by atoms with van der Waals surface area (Å²) in [6.45, 7) is 15.2. The zero-order valence-corrected chi connectivity index (χ0v) is 30.9. The van der Waals surface area contributed by atoms with Gasteiger partial charge in [-0.1, -0.05) is 130 Å². The van der Waals surface area contributed by atoms with E-state index >= 15 is 0 Å². The van der Waals surface area contributed by atoms with Crippen molar-refractivity contribution >= 4 is 8.32 Å². The van der Waals surface area contributed by atoms with E-state index in [0.29, 0.717) is 25.4 Å². The molecule has 0 radical (unpaired) electrons. The second-order valence-electron chi connectivity index (χ2n) is 13.1. The van der Waals surface area contributed by atoms with E-state index in [9.17, 15) is 8.78 Å². The monoisotopic (exact) mass is 608 g/mol. The van der Waals surface area contributed by atoms with Gasteiger partial charge in [0.1, 0.15) is 6.10 Å². The molecule has 41 heavy (non-hydrogen) atoms. The van der Waals surface area contributed by atoms with Crippen LogP contribution in [0, 0.1) is 11.6 Å². The van der Waals surface area contributed by atoms with Gasteiger partial charge in [-0.15, -0.1) is 0 Å². The summed E-state index contributed by atoms with van der Waals surface area (Å²) in [4.78, 5) is 0. The van der Waals surface area contributed by atoms with E-state index in [1.54, 1.807) is 6.07 Å². The maximum Gasteiger partial charge on any atom is 1.00 e. The van der Waals surface area contributed by atoms with Gasteiger partial charge in [-0.3, -0.25) is 0 Å². The second-order valence-corrected chi connectivity index (χ2v) is 17.9. The number of rotatable bonds is 25. The van der Waals surface area contributed by atoms with Crippen molar-refractivity contribution < 1.29 is 53.7 Å². The van der Waals surface area contributed by atoms with E-state index < -0.39 is 20.0 Å². The number of hydrogen-bond acceptors (Lipinski definition) is 3. The minimum Gasteiger partial charge on any atom is -1.00 e. The fraction of sp³-hybridized carbons (Fsp3) is 0.824. The summed E-state index contributed by atoms with van der Waals surface area (Å²) in [7, 11) is -1.93. The molecule has 236 valence electrons. The first kappa shape index (κ1) is 41.2. The van der Waals surface area contributed by atoms with Crippen molar-refractivity contribution in [2.75, 3.05) is 19.8 Å². The van der Waals surface area contributed by atoms with Gasteiger partial charge in [0, 0.05) is 6.61 Å². The molecule has 0 amide bonds. The Bertz CT molecular complexity index is 765. The molecule has 0 saturated heterocycles. The van der Waals surface area contributed by atoms with Gasteiger partial charge < -0.3 is 15.3 Å². The maximum absolute atomic E-state index is 13.6. The summed E-state index contributed by atoms with van der Waals surface area (Å²) in [5, 5.41) is 0.103. The summed E-state index contributed by atoms with van der Waals surface area (Å²) in [6, 6.07) is 3.89. The van der Waals surface area contributed by atoms with Gasteiger partial charge >= 0.3 is 29.6 Å². The van der Waals surface area contributed by atoms with Gasteiger partial charge in [0.2, 0.25) is 0 Å². The first-order valence-corrected chi connectivity index (χ1v) is 19.2. The molecule has 0 unspecified atom stereocenters. The van der Waals surface area contributed by atoms with Crippen LogP contribution < -0.4 is 29.6 Å². The number of halogens is 2. The fourth-order valence-corrected chi connectivity index (χ4v) is 5.51. The Balaban J connectivity index is 0. The third-order valence-electron chi connectivity index (χ3n) is 8.35. The van der Waals surface area contributed by atoms with E-state index in [2.05, 4.69) is 40.8 Å². The predicted molar refractivity (Wildman–Crippen MR) is 170 cm³/mol. The Labute approximate surface area is 277 Å². The molecule has 0 aliphatic carbocycles. The first-order valence-electron chi connectivity index (χ1n) is 16.3. The van der Waals surface area contributed by atoms with Gasteiger partial charge in [-0.2, -0.15) is 0 Å². The van der Waals surface area contributed by atoms with Crippen LogP contribution in [-0.4, -0.2) is 34.2 Å². The summed E-state index contributed by atoms with van der Waals surface area (Å²) >= 11 is 0. The number of unbranched alkanes of at least 4 members (excludes halogenated alkanes) is 15. The van der Waals surface area contributed by atoms with Crippen LogP contribution in [0.2, 0.25) is 18.1 Å². The van der Waals surface area contributed by atoms with Crippen molar-refractivity contribution in [1.82, 2.24) is 0 Å². The molecule has 0 aromatic heterocycles. The van der Waals surface area contributed by atoms with Crippen LogP contribution >= 0.6 is 0 Å². The predicted octanol–water partition coefficient (Wildman–Crippen LogP) is 8.27. The van der Waals surface area contributed by atoms with Crippen LogP contribution in [0.1, 0.15) is 137 Å². The van der Waals surface area contributed by atoms with Crippen LogP contribution in [0.25, 0.3) is 0 Å². The Morgan fingerprint density at radius 1 is 0.732 bits per heavy atom. The molecule has 0 N–H and O–H groups in total. The zero-order chi connectivity index (χ0) is 29.7. The van der Waals surface area contributed by atoms with Crippen molar-refractivity contribution in [2.45, 2.75) is 161 Å². The standard InChI is InChI=1S/C34H62F2O3Si.Na.H/c1-7-8-9-10-11-12-13-14-15-16-17-18-19-20-21-22-25-37-28-31(29-39-40(5,6)34(2,3)4)38-27-30-23-24-32(35)33(36)26-30;;/h23-24,26,31H,7-22,25,27-29H2,1-6H3;;/q;+1;-1/t31-;;/m1../s1. The molecule has 1 aromatic carbocycles. The van der Waals surface area contributed by atoms with Crippen molar-refractivity contribution in [1.29, 1.82) is 0 Å². The number of ether oxygens (including phenoxy) is 2. The molecule has 1 rings (SSSR count). The molecular formula is C34H63F2NaO3Si. The Kier molecular flexibility index (Phi) is 24.6. The van der Waals surface area contributed by atoms with Crippen molar-refractivity contribution in [3.05, 3.63) is 35.4 Å². The molecule has 0 spiro atoms. The van der Waals surface area contributed by atoms with E-state index in [1.165, 1.54) is 102 Å². The largest absolute Gasteiger partial charge is 1.00 e. The molecule has 0 saturated carbocycles. The minimum absolute atomic E-state index is 0. The molecule has 0 fully saturated rings. The van der Waals surface area contributed by atoms with Crippen LogP contribution in [0.15, 0.2) is 18.2 Å². The summed E-state index contributed by atoms with van der Waals surface area (Å²) in [5.74, 6) is -1.70. The van der Waals surface area contributed by atoms with Crippen LogP contribution in [-0.2, 0) is 20.5 Å². The van der Waals surface area contributed by atoms with Gasteiger partial charge in [-0.05, 0) is 42.2 Å². The van der Waals surface area contributed by atoms with Gasteiger partial charge in [0.15, 0.2) is 20.0 Å². The Hall–Kier alpha value is 0.177. The topological polar surface area (TPSA) is 27.7 Å². The summed E-state index contributed by atoms with van der Waals surface area (Å²) in [5.41, 5.74) is 0.606. The molecule has 0 aliphatic rings. The summed E-state index contributed by atoms with van der Waals surface area (Å²) in [6.07, 6.45) is 21.4. The van der Waals surface area contributed by atoms with Crippen LogP contribution in [0.3, 0.4) is 0 Å². The third kappa shape index (κ3) is 20.7.